The van der Waals surface area contributed by atoms with Gasteiger partial charge in [-0.15, -0.1) is 0 Å². The summed E-state index contributed by atoms with van der Waals surface area (Å²) in [6.45, 7) is 3.50. The summed E-state index contributed by atoms with van der Waals surface area (Å²) in [5.74, 6) is -0.223. The molecular weight excluding hydrogens is 211 g/mol. The lowest BCUT2D eigenvalue weighted by atomic mass is 10.0. The second-order valence-corrected chi connectivity index (χ2v) is 4.10. The molecule has 1 rings (SSSR count). The van der Waals surface area contributed by atoms with E-state index in [4.69, 9.17) is 0 Å². The SMILES string of the molecule is CCCC1NC(=O)C(C)N(CCCF)C1=O. The van der Waals surface area contributed by atoms with Gasteiger partial charge >= 0.3 is 0 Å². The summed E-state index contributed by atoms with van der Waals surface area (Å²) in [7, 11) is 0. The molecule has 0 aromatic carbocycles. The molecule has 0 radical (unpaired) electrons. The highest BCUT2D eigenvalue weighted by atomic mass is 19.1. The molecule has 4 nitrogen and oxygen atoms in total. The molecule has 16 heavy (non-hydrogen) atoms. The number of carbonyl (C=O) groups excluding carboxylic acids is 2. The molecule has 92 valence electrons. The molecule has 1 saturated heterocycles. The Morgan fingerprint density at radius 2 is 2.12 bits per heavy atom. The molecule has 2 unspecified atom stereocenters. The third kappa shape index (κ3) is 2.71. The number of hydrogen-bond donors (Lipinski definition) is 1. The van der Waals surface area contributed by atoms with Crippen molar-refractivity contribution >= 4 is 11.8 Å². The minimum Gasteiger partial charge on any atom is -0.343 e. The first kappa shape index (κ1) is 12.9. The maximum absolute atomic E-state index is 12.1. The van der Waals surface area contributed by atoms with Gasteiger partial charge in [0, 0.05) is 6.54 Å². The van der Waals surface area contributed by atoms with Crippen LogP contribution in [0.15, 0.2) is 0 Å². The number of hydrogen-bond acceptors (Lipinski definition) is 2. The van der Waals surface area contributed by atoms with Gasteiger partial charge in [0.25, 0.3) is 0 Å². The lowest BCUT2D eigenvalue weighted by molar-refractivity contribution is -0.148. The number of alkyl halides is 1. The van der Waals surface area contributed by atoms with E-state index in [1.165, 1.54) is 4.90 Å². The molecule has 1 aliphatic heterocycles. The molecular formula is C11H19FN2O2. The van der Waals surface area contributed by atoms with Crippen molar-refractivity contribution in [2.24, 2.45) is 0 Å². The summed E-state index contributed by atoms with van der Waals surface area (Å²) in [6.07, 6.45) is 1.77. The fourth-order valence-corrected chi connectivity index (χ4v) is 1.90. The average molecular weight is 230 g/mol. The standard InChI is InChI=1S/C11H19FN2O2/c1-3-5-9-11(16)14(7-4-6-12)8(2)10(15)13-9/h8-9H,3-7H2,1-2H3,(H,13,15). The first-order chi connectivity index (χ1) is 7.61. The van der Waals surface area contributed by atoms with Gasteiger partial charge in [-0.25, -0.2) is 0 Å². The van der Waals surface area contributed by atoms with Crippen LogP contribution in [0.1, 0.15) is 33.1 Å². The molecule has 0 saturated carbocycles. The van der Waals surface area contributed by atoms with Crippen LogP contribution in [-0.4, -0.2) is 42.0 Å². The Kier molecular flexibility index (Phi) is 4.71. The molecule has 1 N–H and O–H groups in total. The zero-order valence-electron chi connectivity index (χ0n) is 9.83. The van der Waals surface area contributed by atoms with Gasteiger partial charge in [-0.3, -0.25) is 14.0 Å². The van der Waals surface area contributed by atoms with Crippen molar-refractivity contribution in [3.8, 4) is 0 Å². The number of halogens is 1. The molecule has 1 aliphatic rings. The lowest BCUT2D eigenvalue weighted by Gasteiger charge is -2.37. The van der Waals surface area contributed by atoms with Crippen LogP contribution in [0.5, 0.6) is 0 Å². The number of piperazine rings is 1. The zero-order valence-corrected chi connectivity index (χ0v) is 9.83. The van der Waals surface area contributed by atoms with Gasteiger partial charge in [0.05, 0.1) is 6.67 Å². The van der Waals surface area contributed by atoms with E-state index in [2.05, 4.69) is 5.32 Å². The summed E-state index contributed by atoms with van der Waals surface area (Å²) in [5.41, 5.74) is 0. The van der Waals surface area contributed by atoms with Gasteiger partial charge in [0.2, 0.25) is 11.8 Å². The Hall–Kier alpha value is -1.13. The van der Waals surface area contributed by atoms with Crippen LogP contribution in [0.2, 0.25) is 0 Å². The summed E-state index contributed by atoms with van der Waals surface area (Å²) in [4.78, 5) is 25.1. The fourth-order valence-electron chi connectivity index (χ4n) is 1.90. The van der Waals surface area contributed by atoms with Crippen molar-refractivity contribution in [3.05, 3.63) is 0 Å². The van der Waals surface area contributed by atoms with E-state index >= 15 is 0 Å². The Bertz CT molecular complexity index is 271. The van der Waals surface area contributed by atoms with Crippen LogP contribution in [-0.2, 0) is 9.59 Å². The Balaban J connectivity index is 2.69. The maximum atomic E-state index is 12.1. The Morgan fingerprint density at radius 1 is 1.44 bits per heavy atom. The van der Waals surface area contributed by atoms with Crippen molar-refractivity contribution < 1.29 is 14.0 Å². The van der Waals surface area contributed by atoms with Crippen LogP contribution in [0, 0.1) is 0 Å². The predicted molar refractivity (Wildman–Crippen MR) is 58.6 cm³/mol. The normalized spacial score (nSPS) is 25.8. The molecule has 1 heterocycles. The monoisotopic (exact) mass is 230 g/mol. The molecule has 0 bridgehead atoms. The maximum Gasteiger partial charge on any atom is 0.245 e. The first-order valence-electron chi connectivity index (χ1n) is 5.78. The van der Waals surface area contributed by atoms with Gasteiger partial charge in [0.1, 0.15) is 12.1 Å². The highest BCUT2D eigenvalue weighted by Gasteiger charge is 2.36. The highest BCUT2D eigenvalue weighted by molar-refractivity contribution is 5.96. The summed E-state index contributed by atoms with van der Waals surface area (Å²) < 4.78 is 12.1. The van der Waals surface area contributed by atoms with Crippen LogP contribution in [0.4, 0.5) is 4.39 Å². The van der Waals surface area contributed by atoms with E-state index in [-0.39, 0.29) is 11.8 Å². The lowest BCUT2D eigenvalue weighted by Crippen LogP contribution is -2.62. The number of nitrogens with one attached hydrogen (secondary N) is 1. The average Bonchev–Trinajstić information content (AvgIpc) is 2.26. The number of nitrogens with zero attached hydrogens (tertiary/aromatic N) is 1. The first-order valence-corrected chi connectivity index (χ1v) is 5.78. The van der Waals surface area contributed by atoms with Crippen molar-refractivity contribution in [2.45, 2.75) is 45.2 Å². The Morgan fingerprint density at radius 3 is 2.69 bits per heavy atom. The molecule has 0 spiro atoms. The number of carbonyl (C=O) groups is 2. The van der Waals surface area contributed by atoms with E-state index in [0.717, 1.165) is 6.42 Å². The summed E-state index contributed by atoms with van der Waals surface area (Å²) in [5, 5.41) is 2.70. The fraction of sp³-hybridized carbons (Fsp3) is 0.818. The largest absolute Gasteiger partial charge is 0.343 e. The summed E-state index contributed by atoms with van der Waals surface area (Å²) in [6, 6.07) is -0.902. The minimum atomic E-state index is -0.479. The second kappa shape index (κ2) is 5.82. The van der Waals surface area contributed by atoms with E-state index in [1.54, 1.807) is 6.92 Å². The Labute approximate surface area is 95.2 Å². The topological polar surface area (TPSA) is 49.4 Å². The predicted octanol–water partition coefficient (Wildman–Crippen LogP) is 0.862. The smallest absolute Gasteiger partial charge is 0.245 e. The third-order valence-corrected chi connectivity index (χ3v) is 2.85. The number of amides is 2. The van der Waals surface area contributed by atoms with Crippen molar-refractivity contribution in [1.29, 1.82) is 0 Å². The van der Waals surface area contributed by atoms with E-state index in [0.29, 0.717) is 19.4 Å². The van der Waals surface area contributed by atoms with E-state index < -0.39 is 18.8 Å². The zero-order chi connectivity index (χ0) is 12.1. The second-order valence-electron chi connectivity index (χ2n) is 4.10. The highest BCUT2D eigenvalue weighted by Crippen LogP contribution is 2.13. The molecule has 5 heteroatoms. The van der Waals surface area contributed by atoms with E-state index in [1.807, 2.05) is 6.92 Å². The van der Waals surface area contributed by atoms with Crippen LogP contribution >= 0.6 is 0 Å². The van der Waals surface area contributed by atoms with Crippen LogP contribution in [0.3, 0.4) is 0 Å². The summed E-state index contributed by atoms with van der Waals surface area (Å²) >= 11 is 0. The van der Waals surface area contributed by atoms with Crippen molar-refractivity contribution in [3.63, 3.8) is 0 Å². The molecule has 0 aromatic rings. The van der Waals surface area contributed by atoms with Crippen molar-refractivity contribution in [2.75, 3.05) is 13.2 Å². The van der Waals surface area contributed by atoms with Gasteiger partial charge in [-0.05, 0) is 19.8 Å². The van der Waals surface area contributed by atoms with Crippen molar-refractivity contribution in [1.82, 2.24) is 10.2 Å². The van der Waals surface area contributed by atoms with Crippen LogP contribution < -0.4 is 5.32 Å². The molecule has 0 aliphatic carbocycles. The van der Waals surface area contributed by atoms with Gasteiger partial charge in [-0.1, -0.05) is 13.3 Å². The molecule has 2 atom stereocenters. The minimum absolute atomic E-state index is 0.0811. The third-order valence-electron chi connectivity index (χ3n) is 2.85. The molecule has 2 amide bonds. The molecule has 0 aromatic heterocycles. The van der Waals surface area contributed by atoms with Gasteiger partial charge < -0.3 is 10.2 Å². The quantitative estimate of drug-likeness (QED) is 0.761. The van der Waals surface area contributed by atoms with E-state index in [9.17, 15) is 14.0 Å². The van der Waals surface area contributed by atoms with Gasteiger partial charge in [-0.2, -0.15) is 0 Å². The number of rotatable bonds is 5. The van der Waals surface area contributed by atoms with Gasteiger partial charge in [0.15, 0.2) is 0 Å². The van der Waals surface area contributed by atoms with Crippen LogP contribution in [0.25, 0.3) is 0 Å². The molecule has 1 fully saturated rings.